The second kappa shape index (κ2) is 8.53. The van der Waals surface area contributed by atoms with Gasteiger partial charge in [-0.15, -0.1) is 0 Å². The number of aryl methyl sites for hydroxylation is 1. The van der Waals surface area contributed by atoms with Crippen molar-refractivity contribution in [3.63, 3.8) is 0 Å². The molecule has 0 atom stereocenters. The average molecular weight is 406 g/mol. The van der Waals surface area contributed by atoms with Gasteiger partial charge in [0.15, 0.2) is 5.76 Å². The summed E-state index contributed by atoms with van der Waals surface area (Å²) in [5, 5.41) is 3.07. The minimum atomic E-state index is -0.320. The molecule has 154 valence electrons. The van der Waals surface area contributed by atoms with E-state index in [1.807, 2.05) is 31.2 Å². The number of amides is 2. The maximum Gasteiger partial charge on any atom is 0.289 e. The number of hydrogen-bond acceptors (Lipinski definition) is 3. The molecular weight excluding hydrogens is 383 g/mol. The first-order valence-corrected chi connectivity index (χ1v) is 10.0. The van der Waals surface area contributed by atoms with Gasteiger partial charge in [-0.1, -0.05) is 18.2 Å². The maximum absolute atomic E-state index is 13.1. The highest BCUT2D eigenvalue weighted by Gasteiger charge is 2.26. The quantitative estimate of drug-likeness (QED) is 0.697. The van der Waals surface area contributed by atoms with Crippen molar-refractivity contribution in [3.8, 4) is 11.3 Å². The lowest BCUT2D eigenvalue weighted by Crippen LogP contribution is -2.46. The molecule has 0 unspecified atom stereocenters. The summed E-state index contributed by atoms with van der Waals surface area (Å²) in [5.41, 5.74) is 2.34. The van der Waals surface area contributed by atoms with Gasteiger partial charge >= 0.3 is 0 Å². The smallest absolute Gasteiger partial charge is 0.289 e. The minimum absolute atomic E-state index is 0.0348. The number of carbonyl (C=O) groups excluding carboxylic acids is 2. The third-order valence-electron chi connectivity index (χ3n) is 5.45. The first-order valence-electron chi connectivity index (χ1n) is 10.0. The highest BCUT2D eigenvalue weighted by molar-refractivity contribution is 5.96. The molecule has 6 heteroatoms. The third kappa shape index (κ3) is 4.27. The molecule has 3 aromatic rings. The van der Waals surface area contributed by atoms with Crippen molar-refractivity contribution in [1.29, 1.82) is 0 Å². The van der Waals surface area contributed by atoms with Gasteiger partial charge in [0.05, 0.1) is 0 Å². The molecule has 5 nitrogen and oxygen atoms in total. The zero-order valence-electron chi connectivity index (χ0n) is 16.7. The second-order valence-electron chi connectivity index (χ2n) is 7.53. The molecule has 1 saturated heterocycles. The molecule has 4 rings (SSSR count). The highest BCUT2D eigenvalue weighted by atomic mass is 19.1. The molecule has 2 aromatic carbocycles. The average Bonchev–Trinajstić information content (AvgIpc) is 3.25. The molecule has 2 amide bonds. The number of halogens is 1. The van der Waals surface area contributed by atoms with E-state index < -0.39 is 0 Å². The molecule has 1 aliphatic rings. The zero-order valence-corrected chi connectivity index (χ0v) is 16.7. The van der Waals surface area contributed by atoms with E-state index in [0.29, 0.717) is 42.8 Å². The number of likely N-dealkylation sites (tertiary alicyclic amines) is 1. The van der Waals surface area contributed by atoms with Gasteiger partial charge in [-0.25, -0.2) is 4.39 Å². The fraction of sp³-hybridized carbons (Fsp3) is 0.250. The van der Waals surface area contributed by atoms with Crippen LogP contribution in [-0.2, 0) is 0 Å². The number of carbonyl (C=O) groups is 2. The number of hydrogen-bond donors (Lipinski definition) is 1. The Hall–Kier alpha value is -3.41. The molecule has 1 fully saturated rings. The van der Waals surface area contributed by atoms with Crippen LogP contribution in [0.5, 0.6) is 0 Å². The van der Waals surface area contributed by atoms with Crippen LogP contribution in [0.15, 0.2) is 65.1 Å². The number of rotatable bonds is 4. The van der Waals surface area contributed by atoms with E-state index in [0.717, 1.165) is 5.56 Å². The number of benzene rings is 2. The molecule has 0 bridgehead atoms. The molecule has 1 aromatic heterocycles. The van der Waals surface area contributed by atoms with Crippen molar-refractivity contribution >= 4 is 11.8 Å². The topological polar surface area (TPSA) is 62.6 Å². The Morgan fingerprint density at radius 1 is 1.00 bits per heavy atom. The maximum atomic E-state index is 13.1. The van der Waals surface area contributed by atoms with Gasteiger partial charge in [0.1, 0.15) is 11.6 Å². The van der Waals surface area contributed by atoms with Crippen LogP contribution in [0.1, 0.15) is 39.3 Å². The summed E-state index contributed by atoms with van der Waals surface area (Å²) in [6.07, 6.45) is 1.38. The van der Waals surface area contributed by atoms with Crippen LogP contribution in [0.2, 0.25) is 0 Å². The van der Waals surface area contributed by atoms with Gasteiger partial charge in [-0.3, -0.25) is 9.59 Å². The van der Waals surface area contributed by atoms with E-state index in [-0.39, 0.29) is 29.4 Å². The van der Waals surface area contributed by atoms with Gasteiger partial charge in [0, 0.05) is 30.3 Å². The van der Waals surface area contributed by atoms with Crippen LogP contribution in [0.3, 0.4) is 0 Å². The predicted molar refractivity (Wildman–Crippen MR) is 112 cm³/mol. The van der Waals surface area contributed by atoms with E-state index >= 15 is 0 Å². The molecule has 30 heavy (non-hydrogen) atoms. The summed E-state index contributed by atoms with van der Waals surface area (Å²) in [6.45, 7) is 3.01. The summed E-state index contributed by atoms with van der Waals surface area (Å²) >= 11 is 0. The summed E-state index contributed by atoms with van der Waals surface area (Å²) in [4.78, 5) is 27.0. The summed E-state index contributed by atoms with van der Waals surface area (Å²) in [7, 11) is 0. The first kappa shape index (κ1) is 19.9. The molecule has 2 heterocycles. The van der Waals surface area contributed by atoms with Crippen LogP contribution in [-0.4, -0.2) is 35.8 Å². The van der Waals surface area contributed by atoms with E-state index in [2.05, 4.69) is 5.32 Å². The first-order chi connectivity index (χ1) is 14.5. The van der Waals surface area contributed by atoms with Crippen molar-refractivity contribution < 1.29 is 18.4 Å². The van der Waals surface area contributed by atoms with Gasteiger partial charge in [-0.05, 0) is 67.8 Å². The van der Waals surface area contributed by atoms with E-state index in [1.54, 1.807) is 29.2 Å². The van der Waals surface area contributed by atoms with Gasteiger partial charge in [0.25, 0.3) is 11.8 Å². The molecule has 0 radical (unpaired) electrons. The van der Waals surface area contributed by atoms with Crippen molar-refractivity contribution in [1.82, 2.24) is 10.2 Å². The fourth-order valence-electron chi connectivity index (χ4n) is 3.70. The monoisotopic (exact) mass is 406 g/mol. The standard InChI is InChI=1S/C24H23FN2O3/c1-16-4-2-3-5-20(16)23(28)26-19-12-14-27(15-13-19)24(29)22-11-10-21(30-22)17-6-8-18(25)9-7-17/h2-11,19H,12-15H2,1H3,(H,26,28). The fourth-order valence-corrected chi connectivity index (χ4v) is 3.70. The lowest BCUT2D eigenvalue weighted by Gasteiger charge is -2.32. The van der Waals surface area contributed by atoms with Crippen LogP contribution in [0.25, 0.3) is 11.3 Å². The largest absolute Gasteiger partial charge is 0.451 e. The van der Waals surface area contributed by atoms with Crippen LogP contribution >= 0.6 is 0 Å². The molecule has 0 saturated carbocycles. The predicted octanol–water partition coefficient (Wildman–Crippen LogP) is 4.43. The van der Waals surface area contributed by atoms with Crippen molar-refractivity contribution in [3.05, 3.63) is 83.4 Å². The zero-order chi connectivity index (χ0) is 21.1. The Balaban J connectivity index is 1.34. The summed E-state index contributed by atoms with van der Waals surface area (Å²) in [5.74, 6) is 0.217. The Labute approximate surface area is 174 Å². The Morgan fingerprint density at radius 2 is 1.70 bits per heavy atom. The van der Waals surface area contributed by atoms with Gasteiger partial charge in [-0.2, -0.15) is 0 Å². The molecule has 1 N–H and O–H groups in total. The van der Waals surface area contributed by atoms with Crippen LogP contribution < -0.4 is 5.32 Å². The second-order valence-corrected chi connectivity index (χ2v) is 7.53. The Kier molecular flexibility index (Phi) is 5.65. The van der Waals surface area contributed by atoms with Gasteiger partial charge in [0.2, 0.25) is 0 Å². The lowest BCUT2D eigenvalue weighted by atomic mass is 10.0. The van der Waals surface area contributed by atoms with E-state index in [4.69, 9.17) is 4.42 Å². The third-order valence-corrected chi connectivity index (χ3v) is 5.45. The Bertz CT molecular complexity index is 1050. The molecular formula is C24H23FN2O3. The van der Waals surface area contributed by atoms with Crippen molar-refractivity contribution in [2.45, 2.75) is 25.8 Å². The van der Waals surface area contributed by atoms with Gasteiger partial charge < -0.3 is 14.6 Å². The minimum Gasteiger partial charge on any atom is -0.451 e. The number of furan rings is 1. The number of piperidine rings is 1. The summed E-state index contributed by atoms with van der Waals surface area (Å²) < 4.78 is 18.8. The number of nitrogens with one attached hydrogen (secondary N) is 1. The Morgan fingerprint density at radius 3 is 2.40 bits per heavy atom. The van der Waals surface area contributed by atoms with Crippen molar-refractivity contribution in [2.75, 3.05) is 13.1 Å². The lowest BCUT2D eigenvalue weighted by molar-refractivity contribution is 0.0668. The highest BCUT2D eigenvalue weighted by Crippen LogP contribution is 2.24. The van der Waals surface area contributed by atoms with Crippen LogP contribution in [0, 0.1) is 12.7 Å². The van der Waals surface area contributed by atoms with Crippen LogP contribution in [0.4, 0.5) is 4.39 Å². The molecule has 0 aliphatic carbocycles. The van der Waals surface area contributed by atoms with E-state index in [1.165, 1.54) is 12.1 Å². The molecule has 0 spiro atoms. The normalized spacial score (nSPS) is 14.5. The number of nitrogens with zero attached hydrogens (tertiary/aromatic N) is 1. The van der Waals surface area contributed by atoms with E-state index in [9.17, 15) is 14.0 Å². The molecule has 1 aliphatic heterocycles. The SMILES string of the molecule is Cc1ccccc1C(=O)NC1CCN(C(=O)c2ccc(-c3ccc(F)cc3)o2)CC1. The summed E-state index contributed by atoms with van der Waals surface area (Å²) in [6, 6.07) is 16.8. The van der Waals surface area contributed by atoms with Crippen molar-refractivity contribution in [2.24, 2.45) is 0 Å².